The van der Waals surface area contributed by atoms with Crippen LogP contribution in [0.1, 0.15) is 72.1 Å². The third-order valence-electron chi connectivity index (χ3n) is 8.54. The third kappa shape index (κ3) is 1.86. The van der Waals surface area contributed by atoms with Crippen molar-refractivity contribution in [2.75, 3.05) is 0 Å². The van der Waals surface area contributed by atoms with Gasteiger partial charge in [0.05, 0.1) is 0 Å². The molecule has 22 heavy (non-hydrogen) atoms. The number of rotatable bonds is 1. The molecule has 0 radical (unpaired) electrons. The molecule has 0 aromatic heterocycles. The lowest BCUT2D eigenvalue weighted by Crippen LogP contribution is -2.53. The maximum absolute atomic E-state index is 12.1. The van der Waals surface area contributed by atoms with E-state index < -0.39 is 0 Å². The molecule has 0 aromatic rings. The maximum Gasteiger partial charge on any atom is 0.137 e. The number of ketones is 1. The molecule has 4 rings (SSSR count). The summed E-state index contributed by atoms with van der Waals surface area (Å²) in [6.07, 6.45) is 16.1. The summed E-state index contributed by atoms with van der Waals surface area (Å²) in [5, 5.41) is 0. The normalized spacial score (nSPS) is 53.5. The summed E-state index contributed by atoms with van der Waals surface area (Å²) >= 11 is 0. The molecular formula is C21H32O. The average molecular weight is 300 g/mol. The van der Waals surface area contributed by atoms with Crippen LogP contribution < -0.4 is 0 Å². The Hall–Kier alpha value is -0.590. The third-order valence-corrected chi connectivity index (χ3v) is 8.54. The topological polar surface area (TPSA) is 17.1 Å². The van der Waals surface area contributed by atoms with Crippen LogP contribution in [0, 0.1) is 40.4 Å². The Morgan fingerprint density at radius 2 is 1.77 bits per heavy atom. The predicted octanol–water partition coefficient (Wildman–Crippen LogP) is 5.40. The Labute approximate surface area is 135 Å². The van der Waals surface area contributed by atoms with E-state index in [2.05, 4.69) is 26.0 Å². The second-order valence-electron chi connectivity index (χ2n) is 9.34. The van der Waals surface area contributed by atoms with Crippen molar-refractivity contribution in [3.8, 4) is 0 Å². The molecule has 0 amide bonds. The first-order chi connectivity index (χ1) is 10.5. The maximum atomic E-state index is 12.1. The Bertz CT molecular complexity index is 506. The zero-order chi connectivity index (χ0) is 15.5. The fraction of sp³-hybridized carbons (Fsp3) is 0.857. The molecule has 4 aliphatic carbocycles. The van der Waals surface area contributed by atoms with Crippen molar-refractivity contribution in [1.82, 2.24) is 0 Å². The monoisotopic (exact) mass is 300 g/mol. The summed E-state index contributed by atoms with van der Waals surface area (Å²) in [6.45, 7) is 6.83. The van der Waals surface area contributed by atoms with Crippen LogP contribution in [0.3, 0.4) is 0 Å². The van der Waals surface area contributed by atoms with Gasteiger partial charge in [0.15, 0.2) is 0 Å². The van der Waals surface area contributed by atoms with Crippen LogP contribution in [-0.4, -0.2) is 5.78 Å². The molecular weight excluding hydrogens is 268 g/mol. The molecule has 4 aliphatic rings. The Balaban J connectivity index is 1.65. The standard InChI is InChI=1S/C21H32O/c1-14(22)17-9-10-18-16-8-7-15-6-4-5-12-20(15,2)19(16)11-13-21(17,18)3/h9-10,15-19H,4-8,11-13H2,1-3H3/t15?,16-,17+,18-,19-,20-,21+/m0/s1. The molecule has 0 N–H and O–H groups in total. The lowest BCUT2D eigenvalue weighted by molar-refractivity contribution is -0.131. The van der Waals surface area contributed by atoms with Gasteiger partial charge in [-0.15, -0.1) is 0 Å². The van der Waals surface area contributed by atoms with Crippen molar-refractivity contribution in [3.05, 3.63) is 12.2 Å². The van der Waals surface area contributed by atoms with Crippen molar-refractivity contribution >= 4 is 5.78 Å². The number of fused-ring (bicyclic) bond motifs is 5. The van der Waals surface area contributed by atoms with Crippen LogP contribution in [0.15, 0.2) is 12.2 Å². The van der Waals surface area contributed by atoms with Crippen LogP contribution in [-0.2, 0) is 4.79 Å². The van der Waals surface area contributed by atoms with Crippen molar-refractivity contribution in [2.45, 2.75) is 72.1 Å². The Morgan fingerprint density at radius 3 is 2.55 bits per heavy atom. The van der Waals surface area contributed by atoms with E-state index in [9.17, 15) is 4.79 Å². The van der Waals surface area contributed by atoms with Crippen LogP contribution in [0.2, 0.25) is 0 Å². The summed E-state index contributed by atoms with van der Waals surface area (Å²) in [4.78, 5) is 12.1. The van der Waals surface area contributed by atoms with Gasteiger partial charge in [-0.3, -0.25) is 4.79 Å². The highest BCUT2D eigenvalue weighted by Gasteiger charge is 2.58. The van der Waals surface area contributed by atoms with E-state index in [1.54, 1.807) is 6.92 Å². The predicted molar refractivity (Wildman–Crippen MR) is 90.4 cm³/mol. The molecule has 1 heteroatoms. The van der Waals surface area contributed by atoms with Gasteiger partial charge in [0, 0.05) is 5.92 Å². The highest BCUT2D eigenvalue weighted by molar-refractivity contribution is 5.81. The van der Waals surface area contributed by atoms with E-state index in [0.29, 0.717) is 17.1 Å². The van der Waals surface area contributed by atoms with Gasteiger partial charge in [0.2, 0.25) is 0 Å². The zero-order valence-electron chi connectivity index (χ0n) is 14.6. The number of carbonyl (C=O) groups excluding carboxylic acids is 1. The first-order valence-electron chi connectivity index (χ1n) is 9.65. The first-order valence-corrected chi connectivity index (χ1v) is 9.65. The highest BCUT2D eigenvalue weighted by Crippen LogP contribution is 2.65. The van der Waals surface area contributed by atoms with Crippen molar-refractivity contribution in [2.24, 2.45) is 40.4 Å². The Morgan fingerprint density at radius 1 is 0.955 bits per heavy atom. The van der Waals surface area contributed by atoms with Crippen molar-refractivity contribution in [3.63, 3.8) is 0 Å². The van der Waals surface area contributed by atoms with E-state index in [4.69, 9.17) is 0 Å². The van der Waals surface area contributed by atoms with Crippen LogP contribution in [0.25, 0.3) is 0 Å². The lowest BCUT2D eigenvalue weighted by Gasteiger charge is -2.60. The molecule has 0 aromatic carbocycles. The second kappa shape index (κ2) is 4.95. The highest BCUT2D eigenvalue weighted by atomic mass is 16.1. The van der Waals surface area contributed by atoms with Gasteiger partial charge in [0.1, 0.15) is 5.78 Å². The van der Waals surface area contributed by atoms with Crippen LogP contribution >= 0.6 is 0 Å². The van der Waals surface area contributed by atoms with Crippen LogP contribution in [0.4, 0.5) is 0 Å². The molecule has 7 atom stereocenters. The molecule has 0 heterocycles. The number of hydrogen-bond donors (Lipinski definition) is 0. The molecule has 1 unspecified atom stereocenters. The van der Waals surface area contributed by atoms with E-state index in [0.717, 1.165) is 17.8 Å². The van der Waals surface area contributed by atoms with Crippen LogP contribution in [0.5, 0.6) is 0 Å². The Kier molecular flexibility index (Phi) is 3.37. The molecule has 0 saturated heterocycles. The lowest BCUT2D eigenvalue weighted by atomic mass is 9.44. The first kappa shape index (κ1) is 15.0. The minimum Gasteiger partial charge on any atom is -0.299 e. The van der Waals surface area contributed by atoms with E-state index in [1.165, 1.54) is 51.4 Å². The number of allylic oxidation sites excluding steroid dienone is 2. The van der Waals surface area contributed by atoms with Crippen molar-refractivity contribution < 1.29 is 4.79 Å². The van der Waals surface area contributed by atoms with Gasteiger partial charge < -0.3 is 0 Å². The average Bonchev–Trinajstić information content (AvgIpc) is 2.84. The smallest absolute Gasteiger partial charge is 0.137 e. The van der Waals surface area contributed by atoms with E-state index >= 15 is 0 Å². The molecule has 0 spiro atoms. The van der Waals surface area contributed by atoms with E-state index in [1.807, 2.05) is 0 Å². The molecule has 122 valence electrons. The number of carbonyl (C=O) groups is 1. The minimum atomic E-state index is 0.190. The molecule has 3 fully saturated rings. The summed E-state index contributed by atoms with van der Waals surface area (Å²) in [6, 6.07) is 0. The van der Waals surface area contributed by atoms with Gasteiger partial charge in [-0.2, -0.15) is 0 Å². The molecule has 0 aliphatic heterocycles. The fourth-order valence-electron chi connectivity index (χ4n) is 7.35. The molecule has 0 bridgehead atoms. The van der Waals surface area contributed by atoms with E-state index in [-0.39, 0.29) is 11.3 Å². The van der Waals surface area contributed by atoms with Gasteiger partial charge in [-0.05, 0) is 80.0 Å². The molecule has 1 nitrogen and oxygen atoms in total. The van der Waals surface area contributed by atoms with Crippen molar-refractivity contribution in [1.29, 1.82) is 0 Å². The van der Waals surface area contributed by atoms with Gasteiger partial charge in [-0.1, -0.05) is 38.8 Å². The van der Waals surface area contributed by atoms with Gasteiger partial charge in [0.25, 0.3) is 0 Å². The second-order valence-corrected chi connectivity index (χ2v) is 9.34. The quantitative estimate of drug-likeness (QED) is 0.592. The zero-order valence-corrected chi connectivity index (χ0v) is 14.6. The largest absolute Gasteiger partial charge is 0.299 e. The SMILES string of the molecule is CC(=O)[C@H]1C=C[C@H]2[C@@H]3CCC4CCCC[C@]4(C)[C@H]3CC[C@]12C. The summed E-state index contributed by atoms with van der Waals surface area (Å²) in [5.41, 5.74) is 0.829. The number of Topliss-reactive ketones (excluding diaryl/α,β-unsaturated/α-hetero) is 1. The van der Waals surface area contributed by atoms with Gasteiger partial charge >= 0.3 is 0 Å². The summed E-state index contributed by atoms with van der Waals surface area (Å²) < 4.78 is 0. The minimum absolute atomic E-state index is 0.190. The number of hydrogen-bond acceptors (Lipinski definition) is 1. The summed E-state index contributed by atoms with van der Waals surface area (Å²) in [7, 11) is 0. The van der Waals surface area contributed by atoms with Gasteiger partial charge in [-0.25, -0.2) is 0 Å². The summed E-state index contributed by atoms with van der Waals surface area (Å²) in [5.74, 6) is 3.99. The fourth-order valence-corrected chi connectivity index (χ4v) is 7.35. The molecule has 3 saturated carbocycles.